The molecule has 0 saturated carbocycles. The molecule has 1 amide bonds. The van der Waals surface area contributed by atoms with Gasteiger partial charge in [0.05, 0.1) is 5.69 Å². The van der Waals surface area contributed by atoms with Crippen molar-refractivity contribution < 1.29 is 18.0 Å². The van der Waals surface area contributed by atoms with Gasteiger partial charge in [-0.2, -0.15) is 18.3 Å². The van der Waals surface area contributed by atoms with Crippen LogP contribution in [0, 0.1) is 0 Å². The molecule has 100 valence electrons. The molecule has 0 bridgehead atoms. The third kappa shape index (κ3) is 2.74. The number of likely N-dealkylation sites (tertiary alicyclic amines) is 1. The van der Waals surface area contributed by atoms with E-state index < -0.39 is 18.6 Å². The van der Waals surface area contributed by atoms with Gasteiger partial charge in [-0.1, -0.05) is 0 Å². The lowest BCUT2D eigenvalue weighted by Gasteiger charge is -2.13. The molecule has 1 aliphatic heterocycles. The number of amides is 1. The van der Waals surface area contributed by atoms with E-state index in [1.807, 2.05) is 0 Å². The molecule has 0 aromatic carbocycles. The first-order valence-corrected chi connectivity index (χ1v) is 5.56. The van der Waals surface area contributed by atoms with Gasteiger partial charge in [-0.15, -0.1) is 0 Å². The molecule has 0 atom stereocenters. The summed E-state index contributed by atoms with van der Waals surface area (Å²) < 4.78 is 37.2. The molecule has 1 aromatic heterocycles. The number of carbonyl (C=O) groups excluding carboxylic acids is 1. The summed E-state index contributed by atoms with van der Waals surface area (Å²) in [5.41, 5.74) is 5.42. The highest BCUT2D eigenvalue weighted by molar-refractivity contribution is 5.97. The monoisotopic (exact) mass is 262 g/mol. The van der Waals surface area contributed by atoms with E-state index in [1.54, 1.807) is 4.90 Å². The predicted octanol–water partition coefficient (Wildman–Crippen LogP) is 1.26. The number of nitrogen functional groups attached to an aromatic ring is 1. The summed E-state index contributed by atoms with van der Waals surface area (Å²) >= 11 is 0. The lowest BCUT2D eigenvalue weighted by molar-refractivity contribution is -0.142. The van der Waals surface area contributed by atoms with Crippen molar-refractivity contribution in [3.8, 4) is 0 Å². The largest absolute Gasteiger partial charge is 0.408 e. The van der Waals surface area contributed by atoms with E-state index in [-0.39, 0.29) is 11.4 Å². The van der Waals surface area contributed by atoms with Gasteiger partial charge in [0.15, 0.2) is 5.69 Å². The fourth-order valence-corrected chi connectivity index (χ4v) is 1.94. The highest BCUT2D eigenvalue weighted by Gasteiger charge is 2.30. The SMILES string of the molecule is Nc1cn(CC(F)(F)F)nc1C(=O)N1CCCC1. The number of hydrogen-bond acceptors (Lipinski definition) is 3. The molecule has 2 N–H and O–H groups in total. The van der Waals surface area contributed by atoms with E-state index in [2.05, 4.69) is 5.10 Å². The fraction of sp³-hybridized carbons (Fsp3) is 0.600. The zero-order valence-corrected chi connectivity index (χ0v) is 9.57. The molecule has 1 saturated heterocycles. The van der Waals surface area contributed by atoms with Crippen LogP contribution in [0.2, 0.25) is 0 Å². The van der Waals surface area contributed by atoms with Crippen molar-refractivity contribution in [1.82, 2.24) is 14.7 Å². The summed E-state index contributed by atoms with van der Waals surface area (Å²) in [4.78, 5) is 13.5. The van der Waals surface area contributed by atoms with Gasteiger partial charge in [-0.25, -0.2) is 0 Å². The molecule has 2 rings (SSSR count). The van der Waals surface area contributed by atoms with E-state index in [1.165, 1.54) is 0 Å². The maximum atomic E-state index is 12.2. The highest BCUT2D eigenvalue weighted by atomic mass is 19.4. The minimum absolute atomic E-state index is 0.0175. The normalized spacial score (nSPS) is 16.3. The van der Waals surface area contributed by atoms with Crippen molar-refractivity contribution in [2.75, 3.05) is 18.8 Å². The molecule has 8 heteroatoms. The molecule has 5 nitrogen and oxygen atoms in total. The Balaban J connectivity index is 2.16. The van der Waals surface area contributed by atoms with E-state index in [0.717, 1.165) is 19.0 Å². The Morgan fingerprint density at radius 3 is 2.56 bits per heavy atom. The summed E-state index contributed by atoms with van der Waals surface area (Å²) in [6, 6.07) is 0. The number of anilines is 1. The minimum Gasteiger partial charge on any atom is -0.396 e. The Morgan fingerprint density at radius 2 is 2.00 bits per heavy atom. The van der Waals surface area contributed by atoms with Crippen LogP contribution in [0.1, 0.15) is 23.3 Å². The summed E-state index contributed by atoms with van der Waals surface area (Å²) in [6.07, 6.45) is -1.55. The van der Waals surface area contributed by atoms with E-state index >= 15 is 0 Å². The summed E-state index contributed by atoms with van der Waals surface area (Å²) in [5.74, 6) is -0.397. The fourth-order valence-electron chi connectivity index (χ4n) is 1.94. The molecule has 1 aliphatic rings. The second-order valence-electron chi connectivity index (χ2n) is 4.25. The Hall–Kier alpha value is -1.73. The molecule has 0 aliphatic carbocycles. The molecule has 0 radical (unpaired) electrons. The molecular formula is C10H13F3N4O. The Labute approximate surface area is 101 Å². The number of aromatic nitrogens is 2. The molecule has 1 fully saturated rings. The van der Waals surface area contributed by atoms with Crippen LogP contribution in [-0.4, -0.2) is 39.9 Å². The number of nitrogens with two attached hydrogens (primary N) is 1. The van der Waals surface area contributed by atoms with Crippen molar-refractivity contribution in [3.63, 3.8) is 0 Å². The Kier molecular flexibility index (Phi) is 3.18. The van der Waals surface area contributed by atoms with Crippen LogP contribution in [0.3, 0.4) is 0 Å². The second kappa shape index (κ2) is 4.51. The van der Waals surface area contributed by atoms with Crippen LogP contribution < -0.4 is 5.73 Å². The highest BCUT2D eigenvalue weighted by Crippen LogP contribution is 2.20. The predicted molar refractivity (Wildman–Crippen MR) is 57.8 cm³/mol. The van der Waals surface area contributed by atoms with Crippen LogP contribution >= 0.6 is 0 Å². The summed E-state index contributed by atoms with van der Waals surface area (Å²) in [6.45, 7) is -0.0424. The van der Waals surface area contributed by atoms with E-state index in [0.29, 0.717) is 17.8 Å². The first kappa shape index (κ1) is 12.7. The average Bonchev–Trinajstić information content (AvgIpc) is 2.84. The van der Waals surface area contributed by atoms with Crippen molar-refractivity contribution in [2.45, 2.75) is 25.6 Å². The van der Waals surface area contributed by atoms with Crippen molar-refractivity contribution >= 4 is 11.6 Å². The lowest BCUT2D eigenvalue weighted by atomic mass is 10.3. The van der Waals surface area contributed by atoms with Gasteiger partial charge in [0, 0.05) is 19.3 Å². The number of halogens is 3. The van der Waals surface area contributed by atoms with Crippen LogP contribution in [0.25, 0.3) is 0 Å². The second-order valence-corrected chi connectivity index (χ2v) is 4.25. The maximum Gasteiger partial charge on any atom is 0.408 e. The zero-order chi connectivity index (χ0) is 13.3. The van der Waals surface area contributed by atoms with Gasteiger partial charge < -0.3 is 10.6 Å². The van der Waals surface area contributed by atoms with Crippen molar-refractivity contribution in [3.05, 3.63) is 11.9 Å². The first-order chi connectivity index (χ1) is 8.37. The van der Waals surface area contributed by atoms with Gasteiger partial charge in [0.25, 0.3) is 5.91 Å². The molecule has 0 spiro atoms. The van der Waals surface area contributed by atoms with E-state index in [9.17, 15) is 18.0 Å². The van der Waals surface area contributed by atoms with Gasteiger partial charge in [-0.05, 0) is 12.8 Å². The van der Waals surface area contributed by atoms with Gasteiger partial charge >= 0.3 is 6.18 Å². The van der Waals surface area contributed by atoms with Crippen LogP contribution in [0.15, 0.2) is 6.20 Å². The number of nitrogens with zero attached hydrogens (tertiary/aromatic N) is 3. The maximum absolute atomic E-state index is 12.2. The Bertz CT molecular complexity index is 448. The zero-order valence-electron chi connectivity index (χ0n) is 9.57. The number of carbonyl (C=O) groups is 1. The summed E-state index contributed by atoms with van der Waals surface area (Å²) in [5, 5.41) is 3.62. The number of hydrogen-bond donors (Lipinski definition) is 1. The van der Waals surface area contributed by atoms with Gasteiger partial charge in [-0.3, -0.25) is 9.48 Å². The smallest absolute Gasteiger partial charge is 0.396 e. The van der Waals surface area contributed by atoms with E-state index in [4.69, 9.17) is 5.73 Å². The molecule has 18 heavy (non-hydrogen) atoms. The third-order valence-corrected chi connectivity index (χ3v) is 2.73. The van der Waals surface area contributed by atoms with Gasteiger partial charge in [0.2, 0.25) is 0 Å². The number of alkyl halides is 3. The topological polar surface area (TPSA) is 64.2 Å². The van der Waals surface area contributed by atoms with Gasteiger partial charge in [0.1, 0.15) is 6.54 Å². The molecule has 0 unspecified atom stereocenters. The quantitative estimate of drug-likeness (QED) is 0.872. The molecular weight excluding hydrogens is 249 g/mol. The van der Waals surface area contributed by atoms with Crippen molar-refractivity contribution in [1.29, 1.82) is 0 Å². The van der Waals surface area contributed by atoms with Crippen molar-refractivity contribution in [2.24, 2.45) is 0 Å². The van der Waals surface area contributed by atoms with Crippen LogP contribution in [0.4, 0.5) is 18.9 Å². The Morgan fingerprint density at radius 1 is 1.39 bits per heavy atom. The van der Waals surface area contributed by atoms with Crippen LogP contribution in [-0.2, 0) is 6.54 Å². The first-order valence-electron chi connectivity index (χ1n) is 5.56. The molecule has 1 aromatic rings. The minimum atomic E-state index is -4.38. The third-order valence-electron chi connectivity index (χ3n) is 2.73. The van der Waals surface area contributed by atoms with Crippen LogP contribution in [0.5, 0.6) is 0 Å². The average molecular weight is 262 g/mol. The number of rotatable bonds is 2. The summed E-state index contributed by atoms with van der Waals surface area (Å²) in [7, 11) is 0. The lowest BCUT2D eigenvalue weighted by Crippen LogP contribution is -2.29. The standard InChI is InChI=1S/C10H13F3N4O/c11-10(12,13)6-17-5-7(14)8(15-17)9(18)16-3-1-2-4-16/h5H,1-4,6,14H2. The molecule has 2 heterocycles.